The molecule has 5 nitrogen and oxygen atoms in total. The van der Waals surface area contributed by atoms with Crippen molar-refractivity contribution in [3.05, 3.63) is 68.5 Å². The van der Waals surface area contributed by atoms with E-state index in [4.69, 9.17) is 21.6 Å². The summed E-state index contributed by atoms with van der Waals surface area (Å²) in [4.78, 5) is 10.3. The Morgan fingerprint density at radius 2 is 2.10 bits per heavy atom. The minimum Gasteiger partial charge on any atom is -0.482 e. The maximum absolute atomic E-state index is 13.2. The van der Waals surface area contributed by atoms with Crippen LogP contribution in [0.3, 0.4) is 0 Å². The molecule has 0 saturated heterocycles. The molecule has 0 radical (unpaired) electrons. The molecule has 0 spiro atoms. The fourth-order valence-corrected chi connectivity index (χ4v) is 1.87. The van der Waals surface area contributed by atoms with E-state index < -0.39 is 10.7 Å². The number of ether oxygens (including phenoxy) is 1. The first-order valence-electron chi connectivity index (χ1n) is 5.76. The quantitative estimate of drug-likeness (QED) is 0.635. The van der Waals surface area contributed by atoms with Crippen molar-refractivity contribution in [2.45, 2.75) is 6.61 Å². The molecule has 0 heterocycles. The first-order valence-corrected chi connectivity index (χ1v) is 6.14. The van der Waals surface area contributed by atoms with Crippen molar-refractivity contribution in [1.82, 2.24) is 0 Å². The Kier molecular flexibility index (Phi) is 4.36. The number of nitrogens with zero attached hydrogens (tertiary/aromatic N) is 2. The number of benzene rings is 2. The molecule has 0 fully saturated rings. The largest absolute Gasteiger partial charge is 0.482 e. The Balaban J connectivity index is 2.27. The number of halogens is 2. The highest BCUT2D eigenvalue weighted by Crippen LogP contribution is 2.30. The Morgan fingerprint density at radius 1 is 1.33 bits per heavy atom. The van der Waals surface area contributed by atoms with E-state index in [1.54, 1.807) is 0 Å². The molecule has 0 N–H and O–H groups in total. The molecule has 0 saturated carbocycles. The van der Waals surface area contributed by atoms with Gasteiger partial charge in [0.05, 0.1) is 16.6 Å². The fraction of sp³-hybridized carbons (Fsp3) is 0.0714. The van der Waals surface area contributed by atoms with E-state index >= 15 is 0 Å². The van der Waals surface area contributed by atoms with E-state index in [9.17, 15) is 14.5 Å². The number of hydrogen-bond donors (Lipinski definition) is 0. The Hall–Kier alpha value is -2.65. The molecule has 0 amide bonds. The topological polar surface area (TPSA) is 76.2 Å². The molecular formula is C14H8ClFN2O3. The third-order valence-electron chi connectivity index (χ3n) is 2.69. The molecule has 2 aromatic carbocycles. The molecule has 0 unspecified atom stereocenters. The van der Waals surface area contributed by atoms with E-state index in [-0.39, 0.29) is 28.6 Å². The number of nitriles is 1. The van der Waals surface area contributed by atoms with Crippen molar-refractivity contribution in [3.63, 3.8) is 0 Å². The van der Waals surface area contributed by atoms with Crippen molar-refractivity contribution in [3.8, 4) is 11.8 Å². The van der Waals surface area contributed by atoms with Crippen molar-refractivity contribution < 1.29 is 14.1 Å². The molecule has 0 aromatic heterocycles. The van der Waals surface area contributed by atoms with Crippen molar-refractivity contribution in [1.29, 1.82) is 5.26 Å². The lowest BCUT2D eigenvalue weighted by Gasteiger charge is -2.08. The Bertz CT molecular complexity index is 743. The van der Waals surface area contributed by atoms with Gasteiger partial charge in [0, 0.05) is 16.7 Å². The highest BCUT2D eigenvalue weighted by atomic mass is 35.5. The maximum atomic E-state index is 13.2. The van der Waals surface area contributed by atoms with Crippen LogP contribution < -0.4 is 4.74 Å². The lowest BCUT2D eigenvalue weighted by atomic mass is 10.1. The molecule has 0 bridgehead atoms. The second-order valence-corrected chi connectivity index (χ2v) is 4.51. The van der Waals surface area contributed by atoms with Gasteiger partial charge in [0.1, 0.15) is 12.4 Å². The average molecular weight is 307 g/mol. The van der Waals surface area contributed by atoms with Crippen LogP contribution >= 0.6 is 11.6 Å². The predicted octanol–water partition coefficient (Wildman–Crippen LogP) is 3.84. The first-order chi connectivity index (χ1) is 10.0. The minimum absolute atomic E-state index is 0.00227. The van der Waals surface area contributed by atoms with Crippen LogP contribution in [0.1, 0.15) is 11.1 Å². The second kappa shape index (κ2) is 6.20. The summed E-state index contributed by atoms with van der Waals surface area (Å²) >= 11 is 5.69. The minimum atomic E-state index is -0.627. The van der Waals surface area contributed by atoms with Gasteiger partial charge >= 0.3 is 5.69 Å². The van der Waals surface area contributed by atoms with E-state index in [1.165, 1.54) is 18.2 Å². The maximum Gasteiger partial charge on any atom is 0.312 e. The zero-order valence-corrected chi connectivity index (χ0v) is 11.3. The molecule has 0 aliphatic carbocycles. The number of hydrogen-bond acceptors (Lipinski definition) is 4. The first kappa shape index (κ1) is 14.8. The van der Waals surface area contributed by atoms with Crippen LogP contribution in [-0.4, -0.2) is 4.92 Å². The van der Waals surface area contributed by atoms with Crippen LogP contribution in [0.4, 0.5) is 10.1 Å². The highest BCUT2D eigenvalue weighted by Gasteiger charge is 2.16. The van der Waals surface area contributed by atoms with Gasteiger partial charge in [-0.15, -0.1) is 0 Å². The fourth-order valence-electron chi connectivity index (χ4n) is 1.70. The Morgan fingerprint density at radius 3 is 2.76 bits per heavy atom. The van der Waals surface area contributed by atoms with Crippen LogP contribution in [-0.2, 0) is 6.61 Å². The molecule has 0 aliphatic heterocycles. The predicted molar refractivity (Wildman–Crippen MR) is 73.6 cm³/mol. The van der Waals surface area contributed by atoms with E-state index in [1.807, 2.05) is 6.07 Å². The van der Waals surface area contributed by atoms with Crippen molar-refractivity contribution in [2.24, 2.45) is 0 Å². The monoisotopic (exact) mass is 306 g/mol. The second-order valence-electron chi connectivity index (χ2n) is 4.07. The van der Waals surface area contributed by atoms with Gasteiger partial charge in [-0.3, -0.25) is 10.1 Å². The highest BCUT2D eigenvalue weighted by molar-refractivity contribution is 6.30. The summed E-state index contributed by atoms with van der Waals surface area (Å²) in [7, 11) is 0. The smallest absolute Gasteiger partial charge is 0.312 e. The molecular weight excluding hydrogens is 299 g/mol. The molecule has 21 heavy (non-hydrogen) atoms. The lowest BCUT2D eigenvalue weighted by Crippen LogP contribution is -2.01. The van der Waals surface area contributed by atoms with Gasteiger partial charge in [-0.25, -0.2) is 4.39 Å². The molecule has 2 aromatic rings. The summed E-state index contributed by atoms with van der Waals surface area (Å²) < 4.78 is 18.5. The van der Waals surface area contributed by atoms with E-state index in [0.29, 0.717) is 5.56 Å². The average Bonchev–Trinajstić information content (AvgIpc) is 2.46. The van der Waals surface area contributed by atoms with Crippen LogP contribution in [0.2, 0.25) is 5.02 Å². The number of nitro benzene ring substituents is 1. The van der Waals surface area contributed by atoms with Crippen LogP contribution in [0.15, 0.2) is 36.4 Å². The van der Waals surface area contributed by atoms with Crippen LogP contribution in [0.25, 0.3) is 0 Å². The van der Waals surface area contributed by atoms with Crippen molar-refractivity contribution >= 4 is 17.3 Å². The van der Waals surface area contributed by atoms with Gasteiger partial charge in [0.25, 0.3) is 0 Å². The zero-order valence-electron chi connectivity index (χ0n) is 10.5. The van der Waals surface area contributed by atoms with Gasteiger partial charge in [-0.05, 0) is 30.3 Å². The summed E-state index contributed by atoms with van der Waals surface area (Å²) in [5.74, 6) is -0.518. The molecule has 0 atom stereocenters. The van der Waals surface area contributed by atoms with Crippen LogP contribution in [0, 0.1) is 27.3 Å². The molecule has 7 heteroatoms. The van der Waals surface area contributed by atoms with E-state index in [2.05, 4.69) is 0 Å². The molecule has 2 rings (SSSR count). The number of nitro groups is 1. The molecule has 106 valence electrons. The van der Waals surface area contributed by atoms with Gasteiger partial charge in [0.15, 0.2) is 5.75 Å². The third-order valence-corrected chi connectivity index (χ3v) is 2.92. The van der Waals surface area contributed by atoms with E-state index in [0.717, 1.165) is 18.2 Å². The number of rotatable bonds is 4. The lowest BCUT2D eigenvalue weighted by molar-refractivity contribution is -0.385. The van der Waals surface area contributed by atoms with Crippen molar-refractivity contribution in [2.75, 3.05) is 0 Å². The third kappa shape index (κ3) is 3.46. The summed E-state index contributed by atoms with van der Waals surface area (Å²) in [5, 5.41) is 20.1. The summed E-state index contributed by atoms with van der Waals surface area (Å²) in [6.45, 7) is -0.164. The SMILES string of the molecule is N#Cc1ccc(F)cc1COc1ccc(Cl)cc1[N+](=O)[O-]. The van der Waals surface area contributed by atoms with Gasteiger partial charge in [-0.1, -0.05) is 11.6 Å². The van der Waals surface area contributed by atoms with Crippen LogP contribution in [0.5, 0.6) is 5.75 Å². The summed E-state index contributed by atoms with van der Waals surface area (Å²) in [6.07, 6.45) is 0. The van der Waals surface area contributed by atoms with Gasteiger partial charge in [-0.2, -0.15) is 5.26 Å². The molecule has 0 aliphatic rings. The van der Waals surface area contributed by atoms with Gasteiger partial charge in [0.2, 0.25) is 0 Å². The zero-order chi connectivity index (χ0) is 15.4. The summed E-state index contributed by atoms with van der Waals surface area (Å²) in [5.41, 5.74) is 0.257. The Labute approximate surface area is 124 Å². The normalized spacial score (nSPS) is 9.95. The summed E-state index contributed by atoms with van der Waals surface area (Å²) in [6, 6.07) is 9.50. The standard InChI is InChI=1S/C14H8ClFN2O3/c15-11-2-4-14(13(6-11)18(19)20)21-8-10-5-12(16)3-1-9(10)7-17/h1-6H,8H2. The van der Waals surface area contributed by atoms with Gasteiger partial charge < -0.3 is 4.74 Å².